The van der Waals surface area contributed by atoms with Crippen LogP contribution in [0.3, 0.4) is 0 Å². The third-order valence-electron chi connectivity index (χ3n) is 5.14. The van der Waals surface area contributed by atoms with Gasteiger partial charge in [0.25, 0.3) is 5.91 Å². The van der Waals surface area contributed by atoms with Gasteiger partial charge in [0.05, 0.1) is 16.4 Å². The largest absolute Gasteiger partial charge is 0.366 e. The third kappa shape index (κ3) is 4.02. The van der Waals surface area contributed by atoms with E-state index in [1.165, 1.54) is 5.56 Å². The molecule has 0 aromatic heterocycles. The number of hydrogen-bond donors (Lipinski definition) is 1. The van der Waals surface area contributed by atoms with Crippen LogP contribution in [0.2, 0.25) is 5.02 Å². The van der Waals surface area contributed by atoms with Crippen LogP contribution in [0.25, 0.3) is 0 Å². The Kier molecular flexibility index (Phi) is 5.84. The second kappa shape index (κ2) is 8.11. The molecule has 2 aromatic rings. The van der Waals surface area contributed by atoms with E-state index >= 15 is 0 Å². The summed E-state index contributed by atoms with van der Waals surface area (Å²) in [5, 5.41) is 3.73. The van der Waals surface area contributed by atoms with E-state index in [9.17, 15) is 4.79 Å². The van der Waals surface area contributed by atoms with Crippen molar-refractivity contribution < 1.29 is 4.79 Å². The molecule has 4 nitrogen and oxygen atoms in total. The topological polar surface area (TPSA) is 35.6 Å². The number of halogens is 1. The molecule has 138 valence electrons. The van der Waals surface area contributed by atoms with Crippen LogP contribution in [0.4, 0.5) is 11.4 Å². The van der Waals surface area contributed by atoms with Gasteiger partial charge in [-0.15, -0.1) is 0 Å². The quantitative estimate of drug-likeness (QED) is 0.867. The van der Waals surface area contributed by atoms with Crippen LogP contribution in [-0.4, -0.2) is 43.5 Å². The lowest BCUT2D eigenvalue weighted by Gasteiger charge is -2.36. The number of nitrogens with one attached hydrogen (secondary N) is 1. The second-order valence-electron chi connectivity index (χ2n) is 6.81. The van der Waals surface area contributed by atoms with Gasteiger partial charge in [-0.1, -0.05) is 30.7 Å². The van der Waals surface area contributed by atoms with Crippen molar-refractivity contribution in [3.05, 3.63) is 58.1 Å². The maximum absolute atomic E-state index is 12.7. The molecule has 0 saturated carbocycles. The molecule has 1 amide bonds. The molecular formula is C21H26ClN3O. The van der Waals surface area contributed by atoms with Gasteiger partial charge in [0.15, 0.2) is 0 Å². The maximum atomic E-state index is 12.7. The van der Waals surface area contributed by atoms with Crippen LogP contribution in [-0.2, 0) is 0 Å². The monoisotopic (exact) mass is 371 g/mol. The first kappa shape index (κ1) is 18.7. The Balaban J connectivity index is 1.83. The lowest BCUT2D eigenvalue weighted by molar-refractivity contribution is 0.102. The highest BCUT2D eigenvalue weighted by Crippen LogP contribution is 2.35. The van der Waals surface area contributed by atoms with Crippen LogP contribution in [0.1, 0.15) is 28.4 Å². The molecule has 26 heavy (non-hydrogen) atoms. The van der Waals surface area contributed by atoms with Crippen LogP contribution < -0.4 is 10.2 Å². The van der Waals surface area contributed by atoms with E-state index in [-0.39, 0.29) is 5.91 Å². The standard InChI is InChI=1S/C21H26ClN3O/c1-4-24-10-12-25(13-11-24)20-18(22)6-5-7-19(20)23-21(26)17-9-8-15(2)16(3)14-17/h5-9,14H,4,10-13H2,1-3H3,(H,23,26). The van der Waals surface area contributed by atoms with Gasteiger partial charge in [-0.05, 0) is 55.8 Å². The number of rotatable bonds is 4. The Morgan fingerprint density at radius 1 is 1.08 bits per heavy atom. The predicted molar refractivity (Wildman–Crippen MR) is 110 cm³/mol. The smallest absolute Gasteiger partial charge is 0.255 e. The number of piperazine rings is 1. The molecule has 0 spiro atoms. The average molecular weight is 372 g/mol. The van der Waals surface area contributed by atoms with E-state index in [4.69, 9.17) is 11.6 Å². The van der Waals surface area contributed by atoms with Gasteiger partial charge < -0.3 is 15.1 Å². The summed E-state index contributed by atoms with van der Waals surface area (Å²) in [4.78, 5) is 17.4. The highest BCUT2D eigenvalue weighted by molar-refractivity contribution is 6.34. The number of amides is 1. The highest BCUT2D eigenvalue weighted by atomic mass is 35.5. The molecule has 0 bridgehead atoms. The first-order valence-corrected chi connectivity index (χ1v) is 9.51. The Hall–Kier alpha value is -2.04. The molecule has 0 atom stereocenters. The van der Waals surface area contributed by atoms with Gasteiger partial charge >= 0.3 is 0 Å². The molecule has 0 unspecified atom stereocenters. The summed E-state index contributed by atoms with van der Waals surface area (Å²) in [7, 11) is 0. The summed E-state index contributed by atoms with van der Waals surface area (Å²) in [5.41, 5.74) is 4.64. The van der Waals surface area contributed by atoms with E-state index in [0.29, 0.717) is 10.6 Å². The van der Waals surface area contributed by atoms with E-state index in [2.05, 4.69) is 22.0 Å². The number of carbonyl (C=O) groups is 1. The number of anilines is 2. The maximum Gasteiger partial charge on any atom is 0.255 e. The van der Waals surface area contributed by atoms with Crippen molar-refractivity contribution in [1.82, 2.24) is 4.90 Å². The normalized spacial score (nSPS) is 15.2. The van der Waals surface area contributed by atoms with Gasteiger partial charge in [0.1, 0.15) is 0 Å². The minimum Gasteiger partial charge on any atom is -0.366 e. The van der Waals surface area contributed by atoms with Crippen molar-refractivity contribution in [3.8, 4) is 0 Å². The number of likely N-dealkylation sites (N-methyl/N-ethyl adjacent to an activating group) is 1. The molecule has 5 heteroatoms. The molecule has 1 heterocycles. The fraction of sp³-hybridized carbons (Fsp3) is 0.381. The fourth-order valence-electron chi connectivity index (χ4n) is 3.30. The molecule has 1 N–H and O–H groups in total. The Labute approximate surface area is 160 Å². The Morgan fingerprint density at radius 2 is 1.81 bits per heavy atom. The van der Waals surface area contributed by atoms with Crippen molar-refractivity contribution >= 4 is 28.9 Å². The van der Waals surface area contributed by atoms with Crippen molar-refractivity contribution in [2.45, 2.75) is 20.8 Å². The molecule has 3 rings (SSSR count). The number of benzene rings is 2. The summed E-state index contributed by atoms with van der Waals surface area (Å²) >= 11 is 6.50. The van der Waals surface area contributed by atoms with E-state index in [1.807, 2.05) is 50.2 Å². The average Bonchev–Trinajstić information content (AvgIpc) is 2.64. The van der Waals surface area contributed by atoms with Crippen LogP contribution in [0, 0.1) is 13.8 Å². The predicted octanol–water partition coefficient (Wildman–Crippen LogP) is 4.35. The SMILES string of the molecule is CCN1CCN(c2c(Cl)cccc2NC(=O)c2ccc(C)c(C)c2)CC1. The van der Waals surface area contributed by atoms with Gasteiger partial charge in [0, 0.05) is 31.7 Å². The molecule has 1 aliphatic rings. The summed E-state index contributed by atoms with van der Waals surface area (Å²) in [6.07, 6.45) is 0. The van der Waals surface area contributed by atoms with Crippen molar-refractivity contribution in [3.63, 3.8) is 0 Å². The zero-order valence-corrected chi connectivity index (χ0v) is 16.4. The minimum atomic E-state index is -0.108. The number of para-hydroxylation sites is 1. The van der Waals surface area contributed by atoms with Crippen molar-refractivity contribution in [2.75, 3.05) is 42.9 Å². The van der Waals surface area contributed by atoms with Gasteiger partial charge in [-0.3, -0.25) is 4.79 Å². The van der Waals surface area contributed by atoms with E-state index in [0.717, 1.165) is 49.7 Å². The number of hydrogen-bond acceptors (Lipinski definition) is 3. The Morgan fingerprint density at radius 3 is 2.46 bits per heavy atom. The van der Waals surface area contributed by atoms with Crippen molar-refractivity contribution in [2.24, 2.45) is 0 Å². The number of aryl methyl sites for hydroxylation is 2. The molecule has 0 aliphatic carbocycles. The number of nitrogens with zero attached hydrogens (tertiary/aromatic N) is 2. The second-order valence-corrected chi connectivity index (χ2v) is 7.22. The fourth-order valence-corrected chi connectivity index (χ4v) is 3.60. The molecule has 2 aromatic carbocycles. The summed E-state index contributed by atoms with van der Waals surface area (Å²) in [5.74, 6) is -0.108. The number of carbonyl (C=O) groups excluding carboxylic acids is 1. The van der Waals surface area contributed by atoms with E-state index in [1.54, 1.807) is 0 Å². The third-order valence-corrected chi connectivity index (χ3v) is 5.44. The van der Waals surface area contributed by atoms with Crippen LogP contribution in [0.15, 0.2) is 36.4 Å². The summed E-state index contributed by atoms with van der Waals surface area (Å²) in [6, 6.07) is 11.5. The Bertz CT molecular complexity index is 798. The molecule has 1 fully saturated rings. The highest BCUT2D eigenvalue weighted by Gasteiger charge is 2.21. The zero-order chi connectivity index (χ0) is 18.7. The van der Waals surface area contributed by atoms with Gasteiger partial charge in [0.2, 0.25) is 0 Å². The van der Waals surface area contributed by atoms with Crippen LogP contribution >= 0.6 is 11.6 Å². The van der Waals surface area contributed by atoms with Gasteiger partial charge in [-0.25, -0.2) is 0 Å². The zero-order valence-electron chi connectivity index (χ0n) is 15.7. The molecule has 0 radical (unpaired) electrons. The van der Waals surface area contributed by atoms with E-state index < -0.39 is 0 Å². The lowest BCUT2D eigenvalue weighted by atomic mass is 10.1. The lowest BCUT2D eigenvalue weighted by Crippen LogP contribution is -2.46. The first-order valence-electron chi connectivity index (χ1n) is 9.14. The molecule has 1 saturated heterocycles. The summed E-state index contributed by atoms with van der Waals surface area (Å²) in [6.45, 7) is 11.1. The minimum absolute atomic E-state index is 0.108. The van der Waals surface area contributed by atoms with Gasteiger partial charge in [-0.2, -0.15) is 0 Å². The molecular weight excluding hydrogens is 346 g/mol. The first-order chi connectivity index (χ1) is 12.5. The summed E-state index contributed by atoms with van der Waals surface area (Å²) < 4.78 is 0. The van der Waals surface area contributed by atoms with Crippen LogP contribution in [0.5, 0.6) is 0 Å². The molecule has 1 aliphatic heterocycles. The van der Waals surface area contributed by atoms with Crippen molar-refractivity contribution in [1.29, 1.82) is 0 Å².